The number of anilines is 1. The number of carbonyl (C=O) groups is 1. The second-order valence-corrected chi connectivity index (χ2v) is 4.12. The van der Waals surface area contributed by atoms with Crippen LogP contribution in [0.25, 0.3) is 0 Å². The van der Waals surface area contributed by atoms with Crippen LogP contribution in [0.4, 0.5) is 10.5 Å². The highest BCUT2D eigenvalue weighted by Crippen LogP contribution is 2.13. The fraction of sp³-hybridized carbons (Fsp3) is 0. The molecule has 1 aromatic carbocycles. The highest BCUT2D eigenvalue weighted by atomic mass is 32.2. The number of sulfonamides is 1. The zero-order chi connectivity index (χ0) is 10.8. The van der Waals surface area contributed by atoms with Gasteiger partial charge in [-0.3, -0.25) is 0 Å². The van der Waals surface area contributed by atoms with E-state index in [2.05, 4.69) is 5.32 Å². The maximum absolute atomic E-state index is 10.9. The van der Waals surface area contributed by atoms with E-state index in [1.54, 1.807) is 0 Å². The van der Waals surface area contributed by atoms with Crippen LogP contribution in [0, 0.1) is 0 Å². The van der Waals surface area contributed by atoms with Gasteiger partial charge in [-0.1, -0.05) is 6.07 Å². The zero-order valence-corrected chi connectivity index (χ0v) is 7.91. The standard InChI is InChI=1S/C7H9N3O3S/c8-7(11)10-5-2-1-3-6(4-5)14(9,12)13/h1-4H,(H3,8,10,11)(H2,9,12,13). The fourth-order valence-electron chi connectivity index (χ4n) is 0.893. The number of benzene rings is 1. The van der Waals surface area contributed by atoms with Crippen molar-refractivity contribution in [1.82, 2.24) is 0 Å². The smallest absolute Gasteiger partial charge is 0.316 e. The van der Waals surface area contributed by atoms with Gasteiger partial charge in [-0.2, -0.15) is 0 Å². The summed E-state index contributed by atoms with van der Waals surface area (Å²) < 4.78 is 21.8. The Labute approximate surface area is 80.9 Å². The Bertz CT molecular complexity index is 455. The monoisotopic (exact) mass is 215 g/mol. The van der Waals surface area contributed by atoms with Crippen LogP contribution in [-0.2, 0) is 10.0 Å². The molecule has 1 rings (SSSR count). The predicted octanol–water partition coefficient (Wildman–Crippen LogP) is -0.175. The topological polar surface area (TPSA) is 115 Å². The van der Waals surface area contributed by atoms with Crippen molar-refractivity contribution in [3.8, 4) is 0 Å². The number of urea groups is 1. The second kappa shape index (κ2) is 3.64. The molecular formula is C7H9N3O3S. The lowest BCUT2D eigenvalue weighted by Crippen LogP contribution is -2.19. The minimum atomic E-state index is -3.75. The van der Waals surface area contributed by atoms with Gasteiger partial charge in [0.2, 0.25) is 10.0 Å². The molecule has 5 N–H and O–H groups in total. The molecule has 0 atom stereocenters. The summed E-state index contributed by atoms with van der Waals surface area (Å²) in [5, 5.41) is 7.12. The van der Waals surface area contributed by atoms with Crippen molar-refractivity contribution >= 4 is 21.7 Å². The van der Waals surface area contributed by atoms with Crippen LogP contribution in [0.2, 0.25) is 0 Å². The van der Waals surface area contributed by atoms with Crippen LogP contribution in [0.3, 0.4) is 0 Å². The summed E-state index contributed by atoms with van der Waals surface area (Å²) in [6.07, 6.45) is 0. The van der Waals surface area contributed by atoms with Gasteiger partial charge in [0.25, 0.3) is 0 Å². The Morgan fingerprint density at radius 3 is 2.50 bits per heavy atom. The first-order chi connectivity index (χ1) is 6.39. The zero-order valence-electron chi connectivity index (χ0n) is 7.10. The van der Waals surface area contributed by atoms with Crippen LogP contribution >= 0.6 is 0 Å². The summed E-state index contributed by atoms with van der Waals surface area (Å²) >= 11 is 0. The molecule has 0 spiro atoms. The van der Waals surface area contributed by atoms with Crippen molar-refractivity contribution in [3.05, 3.63) is 24.3 Å². The average Bonchev–Trinajstić information content (AvgIpc) is 2.01. The molecule has 7 heteroatoms. The molecule has 76 valence electrons. The molecule has 0 bridgehead atoms. The number of carbonyl (C=O) groups excluding carboxylic acids is 1. The van der Waals surface area contributed by atoms with Crippen molar-refractivity contribution < 1.29 is 13.2 Å². The number of hydrogen-bond donors (Lipinski definition) is 3. The molecule has 0 saturated heterocycles. The minimum Gasteiger partial charge on any atom is -0.351 e. The van der Waals surface area contributed by atoms with Crippen LogP contribution in [-0.4, -0.2) is 14.4 Å². The first-order valence-electron chi connectivity index (χ1n) is 3.59. The number of primary amides is 1. The van der Waals surface area contributed by atoms with E-state index in [0.29, 0.717) is 0 Å². The Morgan fingerprint density at radius 2 is 2.00 bits per heavy atom. The van der Waals surface area contributed by atoms with Gasteiger partial charge >= 0.3 is 6.03 Å². The van der Waals surface area contributed by atoms with Gasteiger partial charge in [0.1, 0.15) is 0 Å². The van der Waals surface area contributed by atoms with Crippen molar-refractivity contribution in [3.63, 3.8) is 0 Å². The molecular weight excluding hydrogens is 206 g/mol. The van der Waals surface area contributed by atoms with Crippen molar-refractivity contribution in [2.75, 3.05) is 5.32 Å². The van der Waals surface area contributed by atoms with Gasteiger partial charge < -0.3 is 11.1 Å². The van der Waals surface area contributed by atoms with E-state index >= 15 is 0 Å². The molecule has 2 amide bonds. The quantitative estimate of drug-likeness (QED) is 0.635. The molecule has 0 heterocycles. The summed E-state index contributed by atoms with van der Waals surface area (Å²) in [5.74, 6) is 0. The van der Waals surface area contributed by atoms with Crippen LogP contribution in [0.5, 0.6) is 0 Å². The Balaban J connectivity index is 3.08. The molecule has 0 unspecified atom stereocenters. The maximum atomic E-state index is 10.9. The highest BCUT2D eigenvalue weighted by molar-refractivity contribution is 7.89. The van der Waals surface area contributed by atoms with Gasteiger partial charge in [0.15, 0.2) is 0 Å². The van der Waals surface area contributed by atoms with E-state index in [1.807, 2.05) is 0 Å². The van der Waals surface area contributed by atoms with Crippen LogP contribution < -0.4 is 16.2 Å². The number of primary sulfonamides is 1. The number of amides is 2. The number of rotatable bonds is 2. The number of nitrogens with one attached hydrogen (secondary N) is 1. The Hall–Kier alpha value is -1.60. The summed E-state index contributed by atoms with van der Waals surface area (Å²) in [6.45, 7) is 0. The molecule has 0 aliphatic heterocycles. The number of nitrogens with two attached hydrogens (primary N) is 2. The first kappa shape index (κ1) is 10.5. The Morgan fingerprint density at radius 1 is 1.36 bits per heavy atom. The molecule has 0 aliphatic carbocycles. The van der Waals surface area contributed by atoms with E-state index in [0.717, 1.165) is 0 Å². The number of hydrogen-bond acceptors (Lipinski definition) is 3. The molecule has 0 fully saturated rings. The minimum absolute atomic E-state index is 0.0799. The average molecular weight is 215 g/mol. The van der Waals surface area contributed by atoms with E-state index < -0.39 is 16.1 Å². The largest absolute Gasteiger partial charge is 0.351 e. The second-order valence-electron chi connectivity index (χ2n) is 2.56. The molecule has 0 aliphatic rings. The third kappa shape index (κ3) is 2.71. The molecule has 0 aromatic heterocycles. The lowest BCUT2D eigenvalue weighted by atomic mass is 10.3. The molecule has 6 nitrogen and oxygen atoms in total. The van der Waals surface area contributed by atoms with E-state index in [9.17, 15) is 13.2 Å². The summed E-state index contributed by atoms with van der Waals surface area (Å²) in [7, 11) is -3.75. The van der Waals surface area contributed by atoms with Gasteiger partial charge in [0.05, 0.1) is 4.90 Å². The fourth-order valence-corrected chi connectivity index (χ4v) is 1.45. The summed E-state index contributed by atoms with van der Waals surface area (Å²) in [6, 6.07) is 4.73. The van der Waals surface area contributed by atoms with Gasteiger partial charge in [-0.15, -0.1) is 0 Å². The van der Waals surface area contributed by atoms with Gasteiger partial charge in [0, 0.05) is 5.69 Å². The lowest BCUT2D eigenvalue weighted by Gasteiger charge is -2.03. The third-order valence-electron chi connectivity index (χ3n) is 1.43. The van der Waals surface area contributed by atoms with Crippen molar-refractivity contribution in [1.29, 1.82) is 0 Å². The Kier molecular flexibility index (Phi) is 2.73. The van der Waals surface area contributed by atoms with E-state index in [-0.39, 0.29) is 10.6 Å². The van der Waals surface area contributed by atoms with Gasteiger partial charge in [-0.25, -0.2) is 18.4 Å². The van der Waals surface area contributed by atoms with E-state index in [1.165, 1.54) is 24.3 Å². The first-order valence-corrected chi connectivity index (χ1v) is 5.13. The van der Waals surface area contributed by atoms with Crippen LogP contribution in [0.1, 0.15) is 0 Å². The van der Waals surface area contributed by atoms with Crippen molar-refractivity contribution in [2.45, 2.75) is 4.90 Å². The van der Waals surface area contributed by atoms with Gasteiger partial charge in [-0.05, 0) is 18.2 Å². The maximum Gasteiger partial charge on any atom is 0.316 e. The van der Waals surface area contributed by atoms with Crippen molar-refractivity contribution in [2.24, 2.45) is 10.9 Å². The van der Waals surface area contributed by atoms with E-state index in [4.69, 9.17) is 10.9 Å². The SMILES string of the molecule is NC(=O)Nc1cccc(S(N)(=O)=O)c1. The van der Waals surface area contributed by atoms with Crippen LogP contribution in [0.15, 0.2) is 29.2 Å². The third-order valence-corrected chi connectivity index (χ3v) is 2.34. The normalized spacial score (nSPS) is 10.9. The predicted molar refractivity (Wildman–Crippen MR) is 51.0 cm³/mol. The molecule has 0 saturated carbocycles. The summed E-state index contributed by atoms with van der Waals surface area (Å²) in [4.78, 5) is 10.4. The molecule has 0 radical (unpaired) electrons. The summed E-state index contributed by atoms with van der Waals surface area (Å²) in [5.41, 5.74) is 5.13. The lowest BCUT2D eigenvalue weighted by molar-refractivity contribution is 0.259. The highest BCUT2D eigenvalue weighted by Gasteiger charge is 2.07. The molecule has 14 heavy (non-hydrogen) atoms. The molecule has 1 aromatic rings.